The van der Waals surface area contributed by atoms with Crippen LogP contribution in [0.3, 0.4) is 0 Å². The smallest absolute Gasteiger partial charge is 0.0509 e. The molecule has 18 heavy (non-hydrogen) atoms. The largest absolute Gasteiger partial charge is 0.354 e. The topological polar surface area (TPSA) is 15.8 Å². The Morgan fingerprint density at radius 1 is 1.11 bits per heavy atom. The van der Waals surface area contributed by atoms with Gasteiger partial charge in [-0.3, -0.25) is 0 Å². The number of hydrogen-bond acceptors (Lipinski definition) is 0. The molecule has 0 amide bonds. The van der Waals surface area contributed by atoms with Gasteiger partial charge in [0.15, 0.2) is 0 Å². The first-order valence-corrected chi connectivity index (χ1v) is 6.22. The van der Waals surface area contributed by atoms with Crippen molar-refractivity contribution in [3.63, 3.8) is 0 Å². The van der Waals surface area contributed by atoms with Gasteiger partial charge in [-0.05, 0) is 17.2 Å². The number of nitrogens with one attached hydrogen (secondary N) is 1. The molecule has 3 rings (SSSR count). The summed E-state index contributed by atoms with van der Waals surface area (Å²) in [6.07, 6.45) is 3.89. The lowest BCUT2D eigenvalue weighted by molar-refractivity contribution is 0.661. The lowest BCUT2D eigenvalue weighted by Gasteiger charge is -2.22. The van der Waals surface area contributed by atoms with Crippen LogP contribution in [0.25, 0.3) is 16.5 Å². The first kappa shape index (κ1) is 11.1. The third-order valence-corrected chi connectivity index (χ3v) is 3.97. The molecule has 0 fully saturated rings. The number of aromatic amines is 1. The molecular formula is C17H17N. The number of aromatic nitrogens is 1. The zero-order valence-electron chi connectivity index (χ0n) is 10.9. The van der Waals surface area contributed by atoms with Crippen molar-refractivity contribution in [2.75, 3.05) is 0 Å². The van der Waals surface area contributed by atoms with Crippen LogP contribution in [0.4, 0.5) is 0 Å². The average molecular weight is 235 g/mol. The summed E-state index contributed by atoms with van der Waals surface area (Å²) in [4.78, 5) is 3.52. The maximum Gasteiger partial charge on any atom is 0.0509 e. The van der Waals surface area contributed by atoms with Crippen LogP contribution in [-0.4, -0.2) is 4.98 Å². The summed E-state index contributed by atoms with van der Waals surface area (Å²) in [5.41, 5.74) is 6.18. The van der Waals surface area contributed by atoms with E-state index < -0.39 is 0 Å². The summed E-state index contributed by atoms with van der Waals surface area (Å²) in [6.45, 7) is 12.4. The highest BCUT2D eigenvalue weighted by Gasteiger charge is 2.38. The highest BCUT2D eigenvalue weighted by molar-refractivity contribution is 5.98. The Balaban J connectivity index is 2.46. The SMILES string of the molecule is C=CC1=C(C=C)C(C)(C)c2c1[nH]c1ccccc21. The van der Waals surface area contributed by atoms with Crippen LogP contribution in [0.2, 0.25) is 0 Å². The van der Waals surface area contributed by atoms with Crippen molar-refractivity contribution < 1.29 is 0 Å². The van der Waals surface area contributed by atoms with Crippen molar-refractivity contribution in [3.8, 4) is 0 Å². The van der Waals surface area contributed by atoms with Gasteiger partial charge >= 0.3 is 0 Å². The first-order chi connectivity index (χ1) is 8.61. The van der Waals surface area contributed by atoms with Crippen LogP contribution in [0, 0.1) is 0 Å². The Hall–Kier alpha value is -2.02. The van der Waals surface area contributed by atoms with E-state index in [2.05, 4.69) is 56.3 Å². The predicted molar refractivity (Wildman–Crippen MR) is 78.6 cm³/mol. The zero-order valence-corrected chi connectivity index (χ0v) is 10.9. The van der Waals surface area contributed by atoms with Gasteiger partial charge in [-0.2, -0.15) is 0 Å². The second-order valence-corrected chi connectivity index (χ2v) is 5.28. The Morgan fingerprint density at radius 2 is 1.83 bits per heavy atom. The Labute approximate surface area is 108 Å². The molecule has 1 heterocycles. The van der Waals surface area contributed by atoms with Crippen LogP contribution in [0.15, 0.2) is 55.1 Å². The molecule has 90 valence electrons. The standard InChI is InChI=1S/C17H17N/c1-5-11-13(6-2)17(3,4)15-12-9-7-8-10-14(12)18-16(11)15/h5-10,18H,1-2H2,3-4H3. The number of para-hydroxylation sites is 1. The van der Waals surface area contributed by atoms with Crippen molar-refractivity contribution >= 4 is 16.5 Å². The number of benzene rings is 1. The van der Waals surface area contributed by atoms with Gasteiger partial charge in [0.1, 0.15) is 0 Å². The highest BCUT2D eigenvalue weighted by atomic mass is 14.7. The summed E-state index contributed by atoms with van der Waals surface area (Å²) in [6, 6.07) is 8.45. The zero-order chi connectivity index (χ0) is 12.9. The fourth-order valence-electron chi connectivity index (χ4n) is 3.18. The minimum Gasteiger partial charge on any atom is -0.354 e. The monoisotopic (exact) mass is 235 g/mol. The van der Waals surface area contributed by atoms with Crippen molar-refractivity contribution in [1.82, 2.24) is 4.98 Å². The molecule has 1 aromatic carbocycles. The normalized spacial score (nSPS) is 17.0. The highest BCUT2D eigenvalue weighted by Crippen LogP contribution is 2.49. The van der Waals surface area contributed by atoms with Crippen LogP contribution in [0.1, 0.15) is 25.1 Å². The van der Waals surface area contributed by atoms with Crippen molar-refractivity contribution in [2.45, 2.75) is 19.3 Å². The predicted octanol–water partition coefficient (Wildman–Crippen LogP) is 4.58. The molecule has 0 saturated heterocycles. The number of allylic oxidation sites excluding steroid dienone is 4. The lowest BCUT2D eigenvalue weighted by Crippen LogP contribution is -2.15. The number of fused-ring (bicyclic) bond motifs is 3. The Morgan fingerprint density at radius 3 is 2.50 bits per heavy atom. The summed E-state index contributed by atoms with van der Waals surface area (Å²) in [5, 5.41) is 1.30. The summed E-state index contributed by atoms with van der Waals surface area (Å²) >= 11 is 0. The molecule has 0 bridgehead atoms. The summed E-state index contributed by atoms with van der Waals surface area (Å²) < 4.78 is 0. The minimum absolute atomic E-state index is 0.0137. The fourth-order valence-corrected chi connectivity index (χ4v) is 3.18. The fraction of sp³-hybridized carbons (Fsp3) is 0.176. The van der Waals surface area contributed by atoms with Crippen LogP contribution in [0.5, 0.6) is 0 Å². The van der Waals surface area contributed by atoms with Crippen LogP contribution in [-0.2, 0) is 5.41 Å². The van der Waals surface area contributed by atoms with E-state index in [1.54, 1.807) is 0 Å². The summed E-state index contributed by atoms with van der Waals surface area (Å²) in [5.74, 6) is 0. The van der Waals surface area contributed by atoms with Crippen molar-refractivity contribution in [3.05, 3.63) is 66.4 Å². The molecule has 0 atom stereocenters. The minimum atomic E-state index is -0.0137. The van der Waals surface area contributed by atoms with Gasteiger partial charge in [0.25, 0.3) is 0 Å². The van der Waals surface area contributed by atoms with Gasteiger partial charge in [-0.1, -0.05) is 57.4 Å². The molecule has 1 heteroatoms. The molecule has 0 aliphatic heterocycles. The van der Waals surface area contributed by atoms with Crippen molar-refractivity contribution in [2.24, 2.45) is 0 Å². The third kappa shape index (κ3) is 1.16. The van der Waals surface area contributed by atoms with Crippen molar-refractivity contribution in [1.29, 1.82) is 0 Å². The molecule has 0 spiro atoms. The Bertz CT molecular complexity index is 695. The van der Waals surface area contributed by atoms with E-state index in [1.165, 1.54) is 33.3 Å². The number of rotatable bonds is 2. The third-order valence-electron chi connectivity index (χ3n) is 3.97. The van der Waals surface area contributed by atoms with E-state index in [1.807, 2.05) is 12.2 Å². The second kappa shape index (κ2) is 3.49. The van der Waals surface area contributed by atoms with Gasteiger partial charge in [0.05, 0.1) is 5.69 Å². The molecular weight excluding hydrogens is 218 g/mol. The molecule has 2 aromatic rings. The molecule has 1 nitrogen and oxygen atoms in total. The average Bonchev–Trinajstić information content (AvgIpc) is 2.82. The van der Waals surface area contributed by atoms with Gasteiger partial charge in [0.2, 0.25) is 0 Å². The van der Waals surface area contributed by atoms with Crippen LogP contribution >= 0.6 is 0 Å². The molecule has 0 unspecified atom stereocenters. The van der Waals surface area contributed by atoms with E-state index in [0.717, 1.165) is 0 Å². The number of H-pyrrole nitrogens is 1. The van der Waals surface area contributed by atoms with E-state index in [9.17, 15) is 0 Å². The van der Waals surface area contributed by atoms with Gasteiger partial charge in [-0.25, -0.2) is 0 Å². The van der Waals surface area contributed by atoms with Gasteiger partial charge < -0.3 is 4.98 Å². The van der Waals surface area contributed by atoms with Gasteiger partial charge in [0, 0.05) is 21.9 Å². The van der Waals surface area contributed by atoms with E-state index in [-0.39, 0.29) is 5.41 Å². The van der Waals surface area contributed by atoms with Crippen LogP contribution < -0.4 is 0 Å². The van der Waals surface area contributed by atoms with Gasteiger partial charge in [-0.15, -0.1) is 0 Å². The molecule has 0 radical (unpaired) electrons. The van der Waals surface area contributed by atoms with E-state index in [4.69, 9.17) is 0 Å². The first-order valence-electron chi connectivity index (χ1n) is 6.22. The molecule has 1 aliphatic rings. The van der Waals surface area contributed by atoms with E-state index in [0.29, 0.717) is 0 Å². The molecule has 1 N–H and O–H groups in total. The quantitative estimate of drug-likeness (QED) is 0.784. The van der Waals surface area contributed by atoms with E-state index >= 15 is 0 Å². The maximum atomic E-state index is 3.96. The molecule has 1 aromatic heterocycles. The maximum absolute atomic E-state index is 3.96. The summed E-state index contributed by atoms with van der Waals surface area (Å²) in [7, 11) is 0. The Kier molecular flexibility index (Phi) is 2.15. The lowest BCUT2D eigenvalue weighted by atomic mass is 9.80. The molecule has 0 saturated carbocycles. The molecule has 1 aliphatic carbocycles. The second-order valence-electron chi connectivity index (χ2n) is 5.28. The number of hydrogen-bond donors (Lipinski definition) is 1.